The highest BCUT2D eigenvalue weighted by atomic mass is 16.3. The number of aromatic nitrogens is 1. The Kier molecular flexibility index (Phi) is 4.51. The van der Waals surface area contributed by atoms with E-state index in [2.05, 4.69) is 52.0 Å². The van der Waals surface area contributed by atoms with Crippen molar-refractivity contribution in [2.45, 2.75) is 37.9 Å². The molecule has 0 bridgehead atoms. The quantitative estimate of drug-likeness (QED) is 0.394. The van der Waals surface area contributed by atoms with Crippen molar-refractivity contribution in [1.29, 1.82) is 0 Å². The Morgan fingerprint density at radius 1 is 1.00 bits per heavy atom. The van der Waals surface area contributed by atoms with Crippen LogP contribution in [-0.2, 0) is 19.4 Å². The molecule has 4 aromatic rings. The van der Waals surface area contributed by atoms with Crippen LogP contribution >= 0.6 is 0 Å². The molecule has 5 heteroatoms. The summed E-state index contributed by atoms with van der Waals surface area (Å²) in [5.41, 5.74) is 7.54. The molecule has 1 aliphatic heterocycles. The molecule has 5 nitrogen and oxygen atoms in total. The second-order valence-electron chi connectivity index (χ2n) is 8.83. The van der Waals surface area contributed by atoms with Crippen LogP contribution in [0.2, 0.25) is 0 Å². The Morgan fingerprint density at radius 2 is 1.81 bits per heavy atom. The average Bonchev–Trinajstić information content (AvgIpc) is 3.34. The maximum absolute atomic E-state index is 12.6. The molecule has 1 aliphatic carbocycles. The summed E-state index contributed by atoms with van der Waals surface area (Å²) in [6, 6.07) is 22.0. The molecule has 2 heterocycles. The molecule has 0 saturated carbocycles. The van der Waals surface area contributed by atoms with Gasteiger partial charge in [0.2, 0.25) is 0 Å². The third-order valence-corrected chi connectivity index (χ3v) is 6.90. The molecule has 4 N–H and O–H groups in total. The van der Waals surface area contributed by atoms with Gasteiger partial charge in [0.15, 0.2) is 0 Å². The summed E-state index contributed by atoms with van der Waals surface area (Å²) in [5.74, 6) is 0.0729. The zero-order valence-corrected chi connectivity index (χ0v) is 17.7. The number of benzene rings is 3. The monoisotopic (exact) mass is 423 g/mol. The predicted octanol–water partition coefficient (Wildman–Crippen LogP) is 4.35. The van der Waals surface area contributed by atoms with Crippen molar-refractivity contribution in [2.24, 2.45) is 0 Å². The van der Waals surface area contributed by atoms with Crippen molar-refractivity contribution in [2.75, 3.05) is 0 Å². The standard InChI is InChI=1S/C27H25N3O2/c31-19-11-12-20-22(14-19)26(30-27(20)32)25-21-7-3-4-8-23(21)29-24(25)15-28-18-10-9-16-5-1-2-6-17(16)13-18/h1-8,11-12,14,18,26,28-29,31H,9-10,13,15H2,(H,30,32). The normalized spacial score (nSPS) is 19.6. The van der Waals surface area contributed by atoms with Gasteiger partial charge in [-0.15, -0.1) is 0 Å². The first kappa shape index (κ1) is 19.1. The fraction of sp³-hybridized carbons (Fsp3) is 0.222. The molecule has 1 amide bonds. The lowest BCUT2D eigenvalue weighted by atomic mass is 9.88. The van der Waals surface area contributed by atoms with Crippen LogP contribution < -0.4 is 10.6 Å². The van der Waals surface area contributed by atoms with Crippen LogP contribution in [-0.4, -0.2) is 22.0 Å². The Balaban J connectivity index is 1.34. The number of carbonyl (C=O) groups excluding carboxylic acids is 1. The van der Waals surface area contributed by atoms with E-state index >= 15 is 0 Å². The van der Waals surface area contributed by atoms with Gasteiger partial charge in [0.05, 0.1) is 6.04 Å². The van der Waals surface area contributed by atoms with Crippen LogP contribution in [0.4, 0.5) is 0 Å². The average molecular weight is 424 g/mol. The summed E-state index contributed by atoms with van der Waals surface area (Å²) in [7, 11) is 0. The van der Waals surface area contributed by atoms with Gasteiger partial charge in [-0.05, 0) is 60.2 Å². The van der Waals surface area contributed by atoms with E-state index in [1.807, 2.05) is 12.1 Å². The van der Waals surface area contributed by atoms with Crippen molar-refractivity contribution in [3.8, 4) is 5.75 Å². The van der Waals surface area contributed by atoms with Crippen LogP contribution in [0.25, 0.3) is 10.9 Å². The van der Waals surface area contributed by atoms with E-state index in [1.165, 1.54) is 11.1 Å². The SMILES string of the molecule is O=C1NC(c2c(CNC3CCc4ccccc4C3)[nH]c3ccccc23)c2cc(O)ccc21. The van der Waals surface area contributed by atoms with Gasteiger partial charge >= 0.3 is 0 Å². The number of aromatic amines is 1. The summed E-state index contributed by atoms with van der Waals surface area (Å²) in [5, 5.41) is 18.1. The summed E-state index contributed by atoms with van der Waals surface area (Å²) in [4.78, 5) is 16.2. The molecule has 0 radical (unpaired) electrons. The Bertz CT molecular complexity index is 1340. The Labute approximate surface area is 186 Å². The van der Waals surface area contributed by atoms with Crippen molar-refractivity contribution in [3.63, 3.8) is 0 Å². The smallest absolute Gasteiger partial charge is 0.252 e. The molecule has 1 aromatic heterocycles. The van der Waals surface area contributed by atoms with E-state index in [9.17, 15) is 9.90 Å². The number of phenolic OH excluding ortho intramolecular Hbond substituents is 1. The van der Waals surface area contributed by atoms with Gasteiger partial charge in [0.25, 0.3) is 5.91 Å². The molecule has 2 atom stereocenters. The van der Waals surface area contributed by atoms with E-state index in [0.29, 0.717) is 18.2 Å². The van der Waals surface area contributed by atoms with Crippen LogP contribution in [0, 0.1) is 0 Å². The number of aromatic hydroxyl groups is 1. The lowest BCUT2D eigenvalue weighted by molar-refractivity contribution is 0.0960. The van der Waals surface area contributed by atoms with E-state index < -0.39 is 0 Å². The van der Waals surface area contributed by atoms with Gasteiger partial charge in [0, 0.05) is 40.3 Å². The molecule has 160 valence electrons. The number of phenols is 1. The fourth-order valence-corrected chi connectivity index (χ4v) is 5.32. The third-order valence-electron chi connectivity index (χ3n) is 6.90. The van der Waals surface area contributed by atoms with Crippen molar-refractivity contribution in [1.82, 2.24) is 15.6 Å². The number of rotatable bonds is 4. The number of aryl methyl sites for hydroxylation is 1. The predicted molar refractivity (Wildman–Crippen MR) is 125 cm³/mol. The number of para-hydroxylation sites is 1. The lowest BCUT2D eigenvalue weighted by Gasteiger charge is -2.26. The molecule has 2 unspecified atom stereocenters. The molecular weight excluding hydrogens is 398 g/mol. The number of nitrogens with one attached hydrogen (secondary N) is 3. The topological polar surface area (TPSA) is 77.2 Å². The summed E-state index contributed by atoms with van der Waals surface area (Å²) in [6.45, 7) is 0.692. The second-order valence-corrected chi connectivity index (χ2v) is 8.83. The second kappa shape index (κ2) is 7.53. The number of hydrogen-bond donors (Lipinski definition) is 4. The molecule has 32 heavy (non-hydrogen) atoms. The summed E-state index contributed by atoms with van der Waals surface area (Å²) in [6.07, 6.45) is 3.24. The maximum atomic E-state index is 12.6. The molecular formula is C27H25N3O2. The third kappa shape index (κ3) is 3.17. The van der Waals surface area contributed by atoms with E-state index in [-0.39, 0.29) is 17.7 Å². The fourth-order valence-electron chi connectivity index (χ4n) is 5.32. The van der Waals surface area contributed by atoms with Crippen LogP contribution in [0.1, 0.15) is 50.8 Å². The molecule has 0 spiro atoms. The summed E-state index contributed by atoms with van der Waals surface area (Å²) < 4.78 is 0. The van der Waals surface area contributed by atoms with Crippen LogP contribution in [0.5, 0.6) is 5.75 Å². The number of fused-ring (bicyclic) bond motifs is 3. The van der Waals surface area contributed by atoms with E-state index in [0.717, 1.165) is 47.0 Å². The minimum Gasteiger partial charge on any atom is -0.508 e. The lowest BCUT2D eigenvalue weighted by Crippen LogP contribution is -2.34. The Morgan fingerprint density at radius 3 is 2.72 bits per heavy atom. The first-order valence-corrected chi connectivity index (χ1v) is 11.2. The highest BCUT2D eigenvalue weighted by Gasteiger charge is 2.33. The van der Waals surface area contributed by atoms with Gasteiger partial charge in [-0.2, -0.15) is 0 Å². The maximum Gasteiger partial charge on any atom is 0.252 e. The first-order valence-electron chi connectivity index (χ1n) is 11.2. The van der Waals surface area contributed by atoms with Gasteiger partial charge in [-0.25, -0.2) is 0 Å². The van der Waals surface area contributed by atoms with Gasteiger partial charge < -0.3 is 20.7 Å². The number of hydrogen-bond acceptors (Lipinski definition) is 3. The highest BCUT2D eigenvalue weighted by Crippen LogP contribution is 2.38. The molecule has 0 fully saturated rings. The van der Waals surface area contributed by atoms with Gasteiger partial charge in [-0.1, -0.05) is 42.5 Å². The van der Waals surface area contributed by atoms with Crippen molar-refractivity contribution < 1.29 is 9.90 Å². The van der Waals surface area contributed by atoms with Crippen LogP contribution in [0.3, 0.4) is 0 Å². The molecule has 0 saturated heterocycles. The molecule has 3 aromatic carbocycles. The Hall–Kier alpha value is -3.57. The molecule has 6 rings (SSSR count). The zero-order chi connectivity index (χ0) is 21.7. The van der Waals surface area contributed by atoms with E-state index in [1.54, 1.807) is 18.2 Å². The van der Waals surface area contributed by atoms with Crippen molar-refractivity contribution >= 4 is 16.8 Å². The first-order chi connectivity index (χ1) is 15.7. The van der Waals surface area contributed by atoms with Gasteiger partial charge in [-0.3, -0.25) is 4.79 Å². The number of H-pyrrole nitrogens is 1. The molecule has 2 aliphatic rings. The summed E-state index contributed by atoms with van der Waals surface area (Å²) >= 11 is 0. The number of amides is 1. The van der Waals surface area contributed by atoms with Crippen molar-refractivity contribution in [3.05, 3.63) is 100 Å². The van der Waals surface area contributed by atoms with Gasteiger partial charge in [0.1, 0.15) is 5.75 Å². The number of carbonyl (C=O) groups is 1. The zero-order valence-electron chi connectivity index (χ0n) is 17.7. The minimum absolute atomic E-state index is 0.0990. The van der Waals surface area contributed by atoms with Crippen LogP contribution in [0.15, 0.2) is 66.7 Å². The highest BCUT2D eigenvalue weighted by molar-refractivity contribution is 6.01. The minimum atomic E-state index is -0.287. The largest absolute Gasteiger partial charge is 0.508 e. The van der Waals surface area contributed by atoms with E-state index in [4.69, 9.17) is 0 Å².